The molecule has 0 unspecified atom stereocenters. The summed E-state index contributed by atoms with van der Waals surface area (Å²) in [5.74, 6) is 1.07. The Kier molecular flexibility index (Phi) is 4.99. The van der Waals surface area contributed by atoms with Gasteiger partial charge in [-0.25, -0.2) is 14.5 Å². The quantitative estimate of drug-likeness (QED) is 0.475. The third-order valence-electron chi connectivity index (χ3n) is 4.69. The van der Waals surface area contributed by atoms with Gasteiger partial charge in [0.1, 0.15) is 12.4 Å². The van der Waals surface area contributed by atoms with E-state index in [2.05, 4.69) is 10.1 Å². The first-order chi connectivity index (χ1) is 14.0. The number of carbonyl (C=O) groups is 1. The maximum atomic E-state index is 12.4. The summed E-state index contributed by atoms with van der Waals surface area (Å²) in [5, 5.41) is 6.53. The van der Waals surface area contributed by atoms with E-state index in [0.717, 1.165) is 33.5 Å². The van der Waals surface area contributed by atoms with Crippen LogP contribution in [-0.4, -0.2) is 27.8 Å². The summed E-state index contributed by atoms with van der Waals surface area (Å²) < 4.78 is 12.4. The smallest absolute Gasteiger partial charge is 0.340 e. The molecule has 2 heterocycles. The van der Waals surface area contributed by atoms with Crippen molar-refractivity contribution in [1.29, 1.82) is 0 Å². The molecule has 0 saturated heterocycles. The van der Waals surface area contributed by atoms with E-state index in [4.69, 9.17) is 9.47 Å². The van der Waals surface area contributed by atoms with Gasteiger partial charge in [-0.05, 0) is 66.6 Å². The van der Waals surface area contributed by atoms with E-state index < -0.39 is 5.97 Å². The maximum Gasteiger partial charge on any atom is 0.340 e. The van der Waals surface area contributed by atoms with Gasteiger partial charge in [-0.2, -0.15) is 5.10 Å². The first-order valence-electron chi connectivity index (χ1n) is 9.27. The van der Waals surface area contributed by atoms with E-state index in [-0.39, 0.29) is 6.61 Å². The van der Waals surface area contributed by atoms with Crippen LogP contribution in [0.5, 0.6) is 5.75 Å². The molecule has 2 aromatic heterocycles. The van der Waals surface area contributed by atoms with Crippen LogP contribution in [0.25, 0.3) is 16.6 Å². The minimum atomic E-state index is -0.410. The molecule has 0 atom stereocenters. The number of fused-ring (bicyclic) bond motifs is 1. The standard InChI is InChI=1S/C23H21N3O3/c1-15-10-16(2)26(25-15)22-9-7-20(13-24-22)23(27)29-14-17-4-5-19-12-21(28-3)8-6-18(19)11-17/h4-13H,14H2,1-3H3. The largest absolute Gasteiger partial charge is 0.497 e. The molecule has 0 spiro atoms. The number of benzene rings is 2. The normalized spacial score (nSPS) is 10.9. The molecule has 29 heavy (non-hydrogen) atoms. The van der Waals surface area contributed by atoms with Crippen molar-refractivity contribution in [2.24, 2.45) is 0 Å². The number of esters is 1. The molecule has 2 aromatic carbocycles. The molecule has 6 heteroatoms. The predicted molar refractivity (Wildman–Crippen MR) is 110 cm³/mol. The molecule has 4 aromatic rings. The van der Waals surface area contributed by atoms with Gasteiger partial charge in [0, 0.05) is 11.9 Å². The molecule has 4 rings (SSSR count). The second-order valence-electron chi connectivity index (χ2n) is 6.87. The van der Waals surface area contributed by atoms with Gasteiger partial charge in [0.2, 0.25) is 0 Å². The zero-order valence-corrected chi connectivity index (χ0v) is 16.5. The number of rotatable bonds is 5. The molecule has 6 nitrogen and oxygen atoms in total. The van der Waals surface area contributed by atoms with E-state index in [9.17, 15) is 4.79 Å². The second-order valence-corrected chi connectivity index (χ2v) is 6.87. The molecule has 146 valence electrons. The number of methoxy groups -OCH3 is 1. The summed E-state index contributed by atoms with van der Waals surface area (Å²) in [4.78, 5) is 16.7. The highest BCUT2D eigenvalue weighted by molar-refractivity contribution is 5.89. The van der Waals surface area contributed by atoms with E-state index in [1.54, 1.807) is 23.9 Å². The van der Waals surface area contributed by atoms with Crippen LogP contribution in [0.1, 0.15) is 27.3 Å². The van der Waals surface area contributed by atoms with Crippen molar-refractivity contribution < 1.29 is 14.3 Å². The fourth-order valence-electron chi connectivity index (χ4n) is 3.22. The third-order valence-corrected chi connectivity index (χ3v) is 4.69. The number of aromatic nitrogens is 3. The summed E-state index contributed by atoms with van der Waals surface area (Å²) in [5.41, 5.74) is 3.23. The number of carbonyl (C=O) groups excluding carboxylic acids is 1. The van der Waals surface area contributed by atoms with Crippen LogP contribution in [0.2, 0.25) is 0 Å². The lowest BCUT2D eigenvalue weighted by Crippen LogP contribution is -2.07. The highest BCUT2D eigenvalue weighted by Crippen LogP contribution is 2.22. The average molecular weight is 387 g/mol. The van der Waals surface area contributed by atoms with E-state index in [1.807, 2.05) is 56.3 Å². The monoisotopic (exact) mass is 387 g/mol. The number of ether oxygens (including phenoxy) is 2. The van der Waals surface area contributed by atoms with Crippen LogP contribution in [-0.2, 0) is 11.3 Å². The Bertz CT molecular complexity index is 1180. The van der Waals surface area contributed by atoms with E-state index >= 15 is 0 Å². The summed E-state index contributed by atoms with van der Waals surface area (Å²) in [6, 6.07) is 17.3. The molecule has 0 amide bonds. The zero-order valence-electron chi connectivity index (χ0n) is 16.5. The Labute approximate surface area is 168 Å². The van der Waals surface area contributed by atoms with Crippen molar-refractivity contribution in [2.45, 2.75) is 20.5 Å². The lowest BCUT2D eigenvalue weighted by Gasteiger charge is -2.08. The van der Waals surface area contributed by atoms with Crippen molar-refractivity contribution in [1.82, 2.24) is 14.8 Å². The number of hydrogen-bond donors (Lipinski definition) is 0. The van der Waals surface area contributed by atoms with Crippen LogP contribution in [0, 0.1) is 13.8 Å². The highest BCUT2D eigenvalue weighted by Gasteiger charge is 2.11. The second kappa shape index (κ2) is 7.75. The van der Waals surface area contributed by atoms with Gasteiger partial charge < -0.3 is 9.47 Å². The summed E-state index contributed by atoms with van der Waals surface area (Å²) in [7, 11) is 1.65. The first kappa shape index (κ1) is 18.7. The van der Waals surface area contributed by atoms with Crippen LogP contribution in [0.15, 0.2) is 60.8 Å². The van der Waals surface area contributed by atoms with Crippen LogP contribution < -0.4 is 4.74 Å². The number of nitrogens with zero attached hydrogens (tertiary/aromatic N) is 3. The minimum Gasteiger partial charge on any atom is -0.497 e. The molecule has 0 aliphatic rings. The Hall–Kier alpha value is -3.67. The van der Waals surface area contributed by atoms with Crippen molar-refractivity contribution in [3.63, 3.8) is 0 Å². The molecule has 0 N–H and O–H groups in total. The van der Waals surface area contributed by atoms with Crippen molar-refractivity contribution in [3.05, 3.63) is 83.3 Å². The fourth-order valence-corrected chi connectivity index (χ4v) is 3.22. The lowest BCUT2D eigenvalue weighted by atomic mass is 10.1. The highest BCUT2D eigenvalue weighted by atomic mass is 16.5. The SMILES string of the molecule is COc1ccc2cc(COC(=O)c3ccc(-n4nc(C)cc4C)nc3)ccc2c1. The van der Waals surface area contributed by atoms with Gasteiger partial charge in [0.25, 0.3) is 0 Å². The Balaban J connectivity index is 1.44. The topological polar surface area (TPSA) is 66.2 Å². The number of hydrogen-bond acceptors (Lipinski definition) is 5. The predicted octanol–water partition coefficient (Wildman–Crippen LogP) is 4.40. The van der Waals surface area contributed by atoms with Crippen molar-refractivity contribution in [3.8, 4) is 11.6 Å². The third kappa shape index (κ3) is 3.96. The molecule has 0 fully saturated rings. The van der Waals surface area contributed by atoms with Crippen LogP contribution >= 0.6 is 0 Å². The molecule has 0 aliphatic carbocycles. The summed E-state index contributed by atoms with van der Waals surface area (Å²) in [6.07, 6.45) is 1.51. The molecule has 0 bridgehead atoms. The Morgan fingerprint density at radius 3 is 2.48 bits per heavy atom. The molecule has 0 aliphatic heterocycles. The van der Waals surface area contributed by atoms with Crippen molar-refractivity contribution in [2.75, 3.05) is 7.11 Å². The first-order valence-corrected chi connectivity index (χ1v) is 9.27. The van der Waals surface area contributed by atoms with Gasteiger partial charge in [0.05, 0.1) is 18.4 Å². The van der Waals surface area contributed by atoms with Gasteiger partial charge >= 0.3 is 5.97 Å². The summed E-state index contributed by atoms with van der Waals surface area (Å²) in [6.45, 7) is 4.09. The summed E-state index contributed by atoms with van der Waals surface area (Å²) >= 11 is 0. The molecular weight excluding hydrogens is 366 g/mol. The van der Waals surface area contributed by atoms with Crippen LogP contribution in [0.3, 0.4) is 0 Å². The maximum absolute atomic E-state index is 12.4. The zero-order chi connectivity index (χ0) is 20.4. The fraction of sp³-hybridized carbons (Fsp3) is 0.174. The number of aryl methyl sites for hydroxylation is 2. The van der Waals surface area contributed by atoms with Crippen molar-refractivity contribution >= 4 is 16.7 Å². The van der Waals surface area contributed by atoms with Gasteiger partial charge in [-0.1, -0.05) is 18.2 Å². The molecule has 0 saturated carbocycles. The molecular formula is C23H21N3O3. The van der Waals surface area contributed by atoms with Crippen LogP contribution in [0.4, 0.5) is 0 Å². The minimum absolute atomic E-state index is 0.194. The van der Waals surface area contributed by atoms with Gasteiger partial charge in [-0.15, -0.1) is 0 Å². The lowest BCUT2D eigenvalue weighted by molar-refractivity contribution is 0.0472. The average Bonchev–Trinajstić information content (AvgIpc) is 3.09. The Morgan fingerprint density at radius 1 is 1.00 bits per heavy atom. The Morgan fingerprint density at radius 2 is 1.79 bits per heavy atom. The number of pyridine rings is 1. The van der Waals surface area contributed by atoms with Gasteiger partial charge in [-0.3, -0.25) is 0 Å². The van der Waals surface area contributed by atoms with E-state index in [1.165, 1.54) is 6.20 Å². The molecule has 0 radical (unpaired) electrons. The van der Waals surface area contributed by atoms with Gasteiger partial charge in [0.15, 0.2) is 5.82 Å². The van der Waals surface area contributed by atoms with E-state index in [0.29, 0.717) is 11.4 Å².